The number of aromatic nitrogens is 2. The lowest BCUT2D eigenvalue weighted by molar-refractivity contribution is 0.583. The molecule has 2 aromatic rings. The second-order valence-corrected chi connectivity index (χ2v) is 8.34. The molecule has 0 saturated carbocycles. The van der Waals surface area contributed by atoms with Crippen molar-refractivity contribution in [2.75, 3.05) is 36.4 Å². The third kappa shape index (κ3) is 4.84. The summed E-state index contributed by atoms with van der Waals surface area (Å²) in [5.41, 5.74) is 0. The van der Waals surface area contributed by atoms with Gasteiger partial charge in [-0.1, -0.05) is 17.7 Å². The lowest BCUT2D eigenvalue weighted by Gasteiger charge is -2.17. The molecule has 0 radical (unpaired) electrons. The molecule has 7 nitrogen and oxygen atoms in total. The van der Waals surface area contributed by atoms with Gasteiger partial charge in [0.2, 0.25) is 10.0 Å². The van der Waals surface area contributed by atoms with Crippen LogP contribution in [0.5, 0.6) is 0 Å². The van der Waals surface area contributed by atoms with Gasteiger partial charge in [-0.25, -0.2) is 23.1 Å². The van der Waals surface area contributed by atoms with E-state index in [0.717, 1.165) is 18.9 Å². The summed E-state index contributed by atoms with van der Waals surface area (Å²) >= 11 is 5.85. The van der Waals surface area contributed by atoms with Crippen molar-refractivity contribution in [2.24, 2.45) is 0 Å². The maximum atomic E-state index is 12.2. The molecule has 0 atom stereocenters. The number of anilines is 2. The minimum atomic E-state index is -3.58. The molecule has 1 aromatic heterocycles. The van der Waals surface area contributed by atoms with Gasteiger partial charge < -0.3 is 10.2 Å². The van der Waals surface area contributed by atoms with Crippen LogP contribution >= 0.6 is 11.6 Å². The second kappa shape index (κ2) is 8.20. The highest BCUT2D eigenvalue weighted by atomic mass is 35.5. The summed E-state index contributed by atoms with van der Waals surface area (Å²) < 4.78 is 27.1. The van der Waals surface area contributed by atoms with E-state index >= 15 is 0 Å². The Morgan fingerprint density at radius 3 is 2.65 bits per heavy atom. The van der Waals surface area contributed by atoms with E-state index in [-0.39, 0.29) is 11.4 Å². The number of halogens is 1. The van der Waals surface area contributed by atoms with Crippen LogP contribution in [0.25, 0.3) is 0 Å². The fourth-order valence-electron chi connectivity index (χ4n) is 2.84. The van der Waals surface area contributed by atoms with Crippen LogP contribution in [0.3, 0.4) is 0 Å². The van der Waals surface area contributed by atoms with Crippen LogP contribution in [-0.2, 0) is 10.0 Å². The van der Waals surface area contributed by atoms with Gasteiger partial charge in [-0.05, 0) is 38.0 Å². The summed E-state index contributed by atoms with van der Waals surface area (Å²) in [6.07, 6.45) is 2.36. The first-order chi connectivity index (χ1) is 12.4. The molecule has 3 rings (SSSR count). The number of sulfonamides is 1. The second-order valence-electron chi connectivity index (χ2n) is 6.13. The molecule has 26 heavy (non-hydrogen) atoms. The van der Waals surface area contributed by atoms with Crippen LogP contribution < -0.4 is 14.9 Å². The number of rotatable bonds is 7. The Kier molecular flexibility index (Phi) is 5.95. The molecule has 1 aliphatic heterocycles. The van der Waals surface area contributed by atoms with Crippen LogP contribution in [0.15, 0.2) is 35.2 Å². The van der Waals surface area contributed by atoms with Gasteiger partial charge in [0.05, 0.1) is 4.90 Å². The van der Waals surface area contributed by atoms with Crippen LogP contribution in [0.4, 0.5) is 11.6 Å². The first kappa shape index (κ1) is 18.9. The Hall–Kier alpha value is -1.90. The van der Waals surface area contributed by atoms with Gasteiger partial charge in [-0.3, -0.25) is 0 Å². The van der Waals surface area contributed by atoms with E-state index < -0.39 is 10.0 Å². The smallest absolute Gasteiger partial charge is 0.240 e. The summed E-state index contributed by atoms with van der Waals surface area (Å²) in [5.74, 6) is 2.30. The van der Waals surface area contributed by atoms with Gasteiger partial charge in [0.15, 0.2) is 0 Å². The van der Waals surface area contributed by atoms with Crippen molar-refractivity contribution in [3.05, 3.63) is 41.2 Å². The Balaban J connectivity index is 1.56. The van der Waals surface area contributed by atoms with Crippen molar-refractivity contribution in [3.8, 4) is 0 Å². The number of nitrogens with one attached hydrogen (secondary N) is 2. The molecule has 2 heterocycles. The number of benzene rings is 1. The molecule has 9 heteroatoms. The van der Waals surface area contributed by atoms with Crippen LogP contribution in [0, 0.1) is 6.92 Å². The van der Waals surface area contributed by atoms with E-state index in [9.17, 15) is 8.42 Å². The highest BCUT2D eigenvalue weighted by Crippen LogP contribution is 2.20. The van der Waals surface area contributed by atoms with E-state index in [1.807, 2.05) is 13.0 Å². The Morgan fingerprint density at radius 1 is 1.15 bits per heavy atom. The van der Waals surface area contributed by atoms with Crippen LogP contribution in [0.2, 0.25) is 5.02 Å². The molecule has 1 fully saturated rings. The molecule has 0 bridgehead atoms. The van der Waals surface area contributed by atoms with Crippen molar-refractivity contribution < 1.29 is 8.42 Å². The van der Waals surface area contributed by atoms with E-state index in [0.29, 0.717) is 23.2 Å². The monoisotopic (exact) mass is 395 g/mol. The average Bonchev–Trinajstić information content (AvgIpc) is 3.13. The molecule has 2 N–H and O–H groups in total. The number of aryl methyl sites for hydroxylation is 1. The van der Waals surface area contributed by atoms with Crippen LogP contribution in [0.1, 0.15) is 18.7 Å². The average molecular weight is 396 g/mol. The normalized spacial score (nSPS) is 14.6. The molecule has 1 saturated heterocycles. The molecule has 1 aromatic carbocycles. The Labute approximate surface area is 158 Å². The number of hydrogen-bond acceptors (Lipinski definition) is 6. The summed E-state index contributed by atoms with van der Waals surface area (Å²) in [5, 5.41) is 3.54. The summed E-state index contributed by atoms with van der Waals surface area (Å²) in [6, 6.07) is 8.09. The summed E-state index contributed by atoms with van der Waals surface area (Å²) in [4.78, 5) is 11.2. The topological polar surface area (TPSA) is 87.2 Å². The fourth-order valence-corrected chi connectivity index (χ4v) is 4.18. The third-order valence-electron chi connectivity index (χ3n) is 4.08. The van der Waals surface area contributed by atoms with Gasteiger partial charge in [0.1, 0.15) is 17.5 Å². The maximum absolute atomic E-state index is 12.2. The lowest BCUT2D eigenvalue weighted by Crippen LogP contribution is -2.29. The van der Waals surface area contributed by atoms with Crippen molar-refractivity contribution in [3.63, 3.8) is 0 Å². The van der Waals surface area contributed by atoms with Gasteiger partial charge >= 0.3 is 0 Å². The molecular weight excluding hydrogens is 374 g/mol. The fraction of sp³-hybridized carbons (Fsp3) is 0.412. The molecular formula is C17H22ClN5O2S. The lowest BCUT2D eigenvalue weighted by atomic mass is 10.4. The largest absolute Gasteiger partial charge is 0.369 e. The van der Waals surface area contributed by atoms with Gasteiger partial charge in [0, 0.05) is 37.3 Å². The first-order valence-corrected chi connectivity index (χ1v) is 10.4. The van der Waals surface area contributed by atoms with Crippen molar-refractivity contribution in [2.45, 2.75) is 24.7 Å². The van der Waals surface area contributed by atoms with E-state index in [1.54, 1.807) is 12.1 Å². The predicted molar refractivity (Wildman–Crippen MR) is 103 cm³/mol. The molecule has 0 aliphatic carbocycles. The first-order valence-electron chi connectivity index (χ1n) is 8.54. The highest BCUT2D eigenvalue weighted by Gasteiger charge is 2.16. The predicted octanol–water partition coefficient (Wildman–Crippen LogP) is 2.43. The van der Waals surface area contributed by atoms with Gasteiger partial charge in [0.25, 0.3) is 0 Å². The van der Waals surface area contributed by atoms with Gasteiger partial charge in [-0.15, -0.1) is 0 Å². The minimum Gasteiger partial charge on any atom is -0.369 e. The molecule has 140 valence electrons. The zero-order valence-corrected chi connectivity index (χ0v) is 16.1. The SMILES string of the molecule is Cc1nc(NCCNS(=O)(=O)c2cccc(Cl)c2)cc(N2CCCC2)n1. The molecule has 0 unspecified atom stereocenters. The van der Waals surface area contributed by atoms with Crippen molar-refractivity contribution >= 4 is 33.3 Å². The van der Waals surface area contributed by atoms with E-state index in [4.69, 9.17) is 11.6 Å². The number of nitrogens with zero attached hydrogens (tertiary/aromatic N) is 3. The zero-order valence-electron chi connectivity index (χ0n) is 14.6. The summed E-state index contributed by atoms with van der Waals surface area (Å²) in [7, 11) is -3.58. The van der Waals surface area contributed by atoms with E-state index in [2.05, 4.69) is 24.9 Å². The molecule has 0 amide bonds. The zero-order chi connectivity index (χ0) is 18.6. The van der Waals surface area contributed by atoms with E-state index in [1.165, 1.54) is 25.0 Å². The molecule has 0 spiro atoms. The highest BCUT2D eigenvalue weighted by molar-refractivity contribution is 7.89. The Morgan fingerprint density at radius 2 is 1.92 bits per heavy atom. The Bertz CT molecular complexity index is 869. The van der Waals surface area contributed by atoms with Crippen molar-refractivity contribution in [1.82, 2.24) is 14.7 Å². The van der Waals surface area contributed by atoms with Crippen LogP contribution in [-0.4, -0.2) is 44.6 Å². The third-order valence-corrected chi connectivity index (χ3v) is 5.78. The van der Waals surface area contributed by atoms with Gasteiger partial charge in [-0.2, -0.15) is 0 Å². The maximum Gasteiger partial charge on any atom is 0.240 e. The quantitative estimate of drug-likeness (QED) is 0.700. The molecule has 1 aliphatic rings. The number of hydrogen-bond donors (Lipinski definition) is 2. The van der Waals surface area contributed by atoms with Crippen molar-refractivity contribution in [1.29, 1.82) is 0 Å². The standard InChI is InChI=1S/C17H22ClN5O2S/c1-13-21-16(12-17(22-13)23-9-2-3-10-23)19-7-8-20-26(24,25)15-6-4-5-14(18)11-15/h4-6,11-12,20H,2-3,7-10H2,1H3,(H,19,21,22). The minimum absolute atomic E-state index is 0.152. The summed E-state index contributed by atoms with van der Waals surface area (Å²) in [6.45, 7) is 4.52.